The van der Waals surface area contributed by atoms with Gasteiger partial charge in [-0.3, -0.25) is 29.3 Å². The summed E-state index contributed by atoms with van der Waals surface area (Å²) in [5.41, 5.74) is 10.1. The predicted molar refractivity (Wildman–Crippen MR) is 237 cm³/mol. The van der Waals surface area contributed by atoms with E-state index in [2.05, 4.69) is 78.4 Å². The summed E-state index contributed by atoms with van der Waals surface area (Å²) < 4.78 is 19.9. The summed E-state index contributed by atoms with van der Waals surface area (Å²) in [4.78, 5) is 64.0. The average molecular weight is 849 g/mol. The van der Waals surface area contributed by atoms with Crippen LogP contribution in [0.4, 0.5) is 15.8 Å². The van der Waals surface area contributed by atoms with Gasteiger partial charge in [0.2, 0.25) is 23.3 Å². The maximum atomic E-state index is 13.6. The molecule has 0 spiro atoms. The van der Waals surface area contributed by atoms with Gasteiger partial charge in [-0.15, -0.1) is 0 Å². The summed E-state index contributed by atoms with van der Waals surface area (Å²) in [6, 6.07) is 19.4. The molecule has 3 aromatic carbocycles. The fraction of sp³-hybridized carbons (Fsp3) is 0.447. The Morgan fingerprint density at radius 2 is 1.52 bits per heavy atom. The number of anilines is 2. The molecule has 9 rings (SSSR count). The molecule has 1 aromatic heterocycles. The quantitative estimate of drug-likeness (QED) is 0.183. The Morgan fingerprint density at radius 1 is 0.839 bits per heavy atom. The normalized spacial score (nSPS) is 18.9. The minimum Gasteiger partial charge on any atom is -0.489 e. The summed E-state index contributed by atoms with van der Waals surface area (Å²) >= 11 is 0. The number of rotatable bonds is 5. The highest BCUT2D eigenvalue weighted by Gasteiger charge is 2.55. The number of aromatic nitrogens is 1. The number of amides is 4. The highest BCUT2D eigenvalue weighted by molar-refractivity contribution is 5.99. The molecule has 0 radical (unpaired) electrons. The van der Waals surface area contributed by atoms with E-state index in [1.54, 1.807) is 24.3 Å². The highest BCUT2D eigenvalue weighted by atomic mass is 19.1. The average Bonchev–Trinajstić information content (AvgIpc) is 3.90. The Hall–Kier alpha value is -6.27. The first-order chi connectivity index (χ1) is 29.4. The van der Waals surface area contributed by atoms with Crippen LogP contribution in [-0.4, -0.2) is 85.9 Å². The molecule has 4 aromatic rings. The summed E-state index contributed by atoms with van der Waals surface area (Å²) in [5, 5.41) is 15.0. The number of ether oxygens (including phenoxy) is 1. The molecule has 4 fully saturated rings. The number of aromatic amines is 1. The Bertz CT molecular complexity index is 2400. The zero-order valence-corrected chi connectivity index (χ0v) is 36.2. The maximum absolute atomic E-state index is 13.6. The van der Waals surface area contributed by atoms with E-state index in [-0.39, 0.29) is 51.6 Å². The van der Waals surface area contributed by atoms with Crippen molar-refractivity contribution in [3.8, 4) is 11.8 Å². The lowest BCUT2D eigenvalue weighted by Crippen LogP contribution is -2.58. The van der Waals surface area contributed by atoms with Crippen LogP contribution in [0.5, 0.6) is 5.75 Å². The second-order valence-corrected chi connectivity index (χ2v) is 17.9. The van der Waals surface area contributed by atoms with Crippen LogP contribution in [0, 0.1) is 28.0 Å². The van der Waals surface area contributed by atoms with E-state index in [0.717, 1.165) is 80.8 Å². The number of imide groups is 1. The zero-order valence-electron chi connectivity index (χ0n) is 36.2. The van der Waals surface area contributed by atoms with Crippen LogP contribution < -0.4 is 36.5 Å². The molecule has 0 bridgehead atoms. The number of fused-ring (bicyclic) bond motifs is 2. The molecule has 4 amide bonds. The van der Waals surface area contributed by atoms with Crippen molar-refractivity contribution in [2.24, 2.45) is 16.6 Å². The minimum atomic E-state index is -0.595. The first-order valence-electron chi connectivity index (χ1n) is 21.2. The molecule has 5 N–H and O–H groups in total. The van der Waals surface area contributed by atoms with Crippen molar-refractivity contribution in [1.29, 1.82) is 5.26 Å². The van der Waals surface area contributed by atoms with Gasteiger partial charge in [-0.2, -0.15) is 5.26 Å². The number of piperidine rings is 1. The number of nitrogens with two attached hydrogens (primary N) is 1. The number of halogens is 1. The van der Waals surface area contributed by atoms with E-state index in [0.29, 0.717) is 42.6 Å². The molecule has 328 valence electrons. The summed E-state index contributed by atoms with van der Waals surface area (Å²) in [6.07, 6.45) is 5.12. The van der Waals surface area contributed by atoms with Crippen LogP contribution in [0.1, 0.15) is 98.1 Å². The second-order valence-electron chi connectivity index (χ2n) is 17.9. The van der Waals surface area contributed by atoms with Gasteiger partial charge in [0.25, 0.3) is 5.91 Å². The van der Waals surface area contributed by atoms with Gasteiger partial charge in [0.05, 0.1) is 16.8 Å². The van der Waals surface area contributed by atoms with Crippen molar-refractivity contribution >= 4 is 45.9 Å². The number of hydrogen-bond acceptors (Lipinski definition) is 10. The number of benzene rings is 3. The van der Waals surface area contributed by atoms with E-state index in [4.69, 9.17) is 10.5 Å². The topological polar surface area (TPSA) is 194 Å². The van der Waals surface area contributed by atoms with E-state index in [9.17, 15) is 33.6 Å². The van der Waals surface area contributed by atoms with Gasteiger partial charge >= 0.3 is 0 Å². The van der Waals surface area contributed by atoms with E-state index >= 15 is 0 Å². The maximum Gasteiger partial charge on any atom is 0.251 e. The molecule has 1 saturated carbocycles. The molecule has 1 aliphatic carbocycles. The van der Waals surface area contributed by atoms with Crippen molar-refractivity contribution in [2.75, 3.05) is 56.1 Å². The van der Waals surface area contributed by atoms with E-state index in [1.165, 1.54) is 17.8 Å². The molecule has 62 heavy (non-hydrogen) atoms. The minimum absolute atomic E-state index is 0.0601. The SMILES string of the molecule is CC1(C)CC(C)(C)C1Oc1ccc(C#N)c2[nH]c(=O)ccc12.CN1CCN(c2ccc3c(c2)CNC3=O)CC1.NC(=O)c1ccc(N2CCCC2)c(F)c1.O=C1CCCC(=O)N1. The third kappa shape index (κ3) is 10.8. The van der Waals surface area contributed by atoms with Crippen molar-refractivity contribution in [3.05, 3.63) is 99.1 Å². The molecule has 14 nitrogen and oxygen atoms in total. The second kappa shape index (κ2) is 19.2. The van der Waals surface area contributed by atoms with Crippen LogP contribution >= 0.6 is 0 Å². The van der Waals surface area contributed by atoms with Gasteiger partial charge in [0, 0.05) is 97.8 Å². The smallest absolute Gasteiger partial charge is 0.251 e. The zero-order chi connectivity index (χ0) is 44.8. The molecular formula is C47H57FN8O6. The number of hydrogen-bond donors (Lipinski definition) is 4. The molecule has 5 aliphatic rings. The van der Waals surface area contributed by atoms with Crippen molar-refractivity contribution in [1.82, 2.24) is 20.5 Å². The van der Waals surface area contributed by atoms with Crippen molar-refractivity contribution in [3.63, 3.8) is 0 Å². The monoisotopic (exact) mass is 848 g/mol. The molecule has 4 aliphatic heterocycles. The number of carbonyl (C=O) groups excluding carboxylic acids is 4. The molecule has 3 saturated heterocycles. The van der Waals surface area contributed by atoms with E-state index < -0.39 is 5.91 Å². The third-order valence-corrected chi connectivity index (χ3v) is 12.0. The van der Waals surface area contributed by atoms with Crippen molar-refractivity contribution < 1.29 is 28.3 Å². The molecule has 5 heterocycles. The predicted octanol–water partition coefficient (Wildman–Crippen LogP) is 5.62. The lowest BCUT2D eigenvalue weighted by Gasteiger charge is -2.56. The first-order valence-corrected chi connectivity index (χ1v) is 21.2. The summed E-state index contributed by atoms with van der Waals surface area (Å²) in [5.74, 6) is -0.460. The molecule has 15 heteroatoms. The highest BCUT2D eigenvalue weighted by Crippen LogP contribution is 2.55. The third-order valence-electron chi connectivity index (χ3n) is 12.0. The number of piperazine rings is 1. The number of likely N-dealkylation sites (N-methyl/N-ethyl adjacent to an activating group) is 1. The lowest BCUT2D eigenvalue weighted by atomic mass is 9.53. The van der Waals surface area contributed by atoms with Gasteiger partial charge in [0.1, 0.15) is 23.7 Å². The van der Waals surface area contributed by atoms with Gasteiger partial charge < -0.3 is 35.5 Å². The fourth-order valence-electron chi connectivity index (χ4n) is 9.20. The number of nitrogens with one attached hydrogen (secondary N) is 3. The summed E-state index contributed by atoms with van der Waals surface area (Å²) in [6.45, 7) is 15.6. The van der Waals surface area contributed by atoms with Crippen molar-refractivity contribution in [2.45, 2.75) is 78.9 Å². The molecule has 0 unspecified atom stereocenters. The Labute approximate surface area is 361 Å². The lowest BCUT2D eigenvalue weighted by molar-refractivity contribution is -0.133. The van der Waals surface area contributed by atoms with E-state index in [1.807, 2.05) is 17.0 Å². The largest absolute Gasteiger partial charge is 0.489 e. The number of pyridine rings is 1. The van der Waals surface area contributed by atoms with Gasteiger partial charge in [0.15, 0.2) is 0 Å². The molecule has 0 atom stereocenters. The van der Waals surface area contributed by atoms with Crippen LogP contribution in [0.3, 0.4) is 0 Å². The standard InChI is InChI=1S/C18H20N2O2.C13H17N3O.C11H13FN2O.C5H7NO2/c1-17(2)10-18(3,4)16(17)22-13-7-5-11(9-19)15-12(13)6-8-14(21)20-15;1-15-4-6-16(7-5-15)11-2-3-12-10(8-11)9-14-13(12)17;12-9-7-8(11(13)15)3-4-10(9)14-5-1-2-6-14;7-4-2-1-3-5(8)6-4/h5-8,16H,10H2,1-4H3,(H,20,21);2-3,8H,4-7,9H2,1H3,(H,14,17);3-4,7H,1-2,5-6H2,(H2,13,15);1-3H2,(H,6,7,8). The first kappa shape index (κ1) is 45.3. The van der Waals surface area contributed by atoms with Crippen LogP contribution in [0.15, 0.2) is 65.5 Å². The Morgan fingerprint density at radius 3 is 2.10 bits per heavy atom. The molecular weight excluding hydrogens is 792 g/mol. The number of H-pyrrole nitrogens is 1. The Kier molecular flexibility index (Phi) is 14.0. The number of carbonyl (C=O) groups is 4. The van der Waals surface area contributed by atoms with Crippen LogP contribution in [0.25, 0.3) is 10.9 Å². The number of primary amides is 1. The van der Waals surface area contributed by atoms with Gasteiger partial charge in [-0.1, -0.05) is 27.7 Å². The number of nitriles is 1. The Balaban J connectivity index is 0.000000145. The van der Waals surface area contributed by atoms with Crippen LogP contribution in [0.2, 0.25) is 0 Å². The number of nitrogens with zero attached hydrogens (tertiary/aromatic N) is 4. The summed E-state index contributed by atoms with van der Waals surface area (Å²) in [7, 11) is 2.16. The van der Waals surface area contributed by atoms with Gasteiger partial charge in [-0.05, 0) is 92.9 Å². The van der Waals surface area contributed by atoms with Gasteiger partial charge in [-0.25, -0.2) is 4.39 Å². The fourth-order valence-corrected chi connectivity index (χ4v) is 9.20. The van der Waals surface area contributed by atoms with Crippen LogP contribution in [-0.2, 0) is 16.1 Å².